The lowest BCUT2D eigenvalue weighted by Gasteiger charge is -2.33. The van der Waals surface area contributed by atoms with Crippen molar-refractivity contribution >= 4 is 32.4 Å². The highest BCUT2D eigenvalue weighted by atomic mass is 32.2. The van der Waals surface area contributed by atoms with Crippen LogP contribution in [-0.2, 0) is 16.6 Å². The van der Waals surface area contributed by atoms with E-state index in [1.807, 2.05) is 31.2 Å². The van der Waals surface area contributed by atoms with E-state index in [0.29, 0.717) is 38.3 Å². The van der Waals surface area contributed by atoms with Crippen molar-refractivity contribution in [2.24, 2.45) is 0 Å². The first-order chi connectivity index (χ1) is 16.4. The molecular weight excluding hydrogens is 478 g/mol. The molecule has 34 heavy (non-hydrogen) atoms. The van der Waals surface area contributed by atoms with Crippen molar-refractivity contribution in [3.63, 3.8) is 0 Å². The minimum absolute atomic E-state index is 0.128. The van der Waals surface area contributed by atoms with Gasteiger partial charge in [-0.15, -0.1) is 10.2 Å². The second-order valence-corrected chi connectivity index (χ2v) is 11.2. The summed E-state index contributed by atoms with van der Waals surface area (Å²) in [5.74, 6) is 1.12. The molecule has 178 valence electrons. The van der Waals surface area contributed by atoms with E-state index in [9.17, 15) is 13.2 Å². The SMILES string of the molecule is Cc1cccc(C(=O)Nc2nnc(S(=O)(=O)N3CCN(Cc4ccc5c(c4)OCO5)CC3)s2)c1. The van der Waals surface area contributed by atoms with E-state index in [2.05, 4.69) is 20.4 Å². The highest BCUT2D eigenvalue weighted by Gasteiger charge is 2.32. The monoisotopic (exact) mass is 501 g/mol. The maximum Gasteiger partial charge on any atom is 0.272 e. The predicted molar refractivity (Wildman–Crippen MR) is 126 cm³/mol. The normalized spacial score (nSPS) is 16.5. The molecule has 1 saturated heterocycles. The van der Waals surface area contributed by atoms with E-state index < -0.39 is 10.0 Å². The summed E-state index contributed by atoms with van der Waals surface area (Å²) in [6, 6.07) is 12.9. The number of aryl methyl sites for hydroxylation is 1. The Bertz CT molecular complexity index is 1320. The van der Waals surface area contributed by atoms with E-state index in [1.165, 1.54) is 4.31 Å². The van der Waals surface area contributed by atoms with Crippen LogP contribution >= 0.6 is 11.3 Å². The first-order valence-corrected chi connectivity index (χ1v) is 13.0. The number of sulfonamides is 1. The summed E-state index contributed by atoms with van der Waals surface area (Å²) in [5, 5.41) is 10.5. The number of carbonyl (C=O) groups is 1. The topological polar surface area (TPSA) is 114 Å². The smallest absolute Gasteiger partial charge is 0.272 e. The summed E-state index contributed by atoms with van der Waals surface area (Å²) in [7, 11) is -3.79. The largest absolute Gasteiger partial charge is 0.454 e. The predicted octanol–water partition coefficient (Wildman–Crippen LogP) is 2.33. The molecule has 1 amide bonds. The molecule has 2 aromatic carbocycles. The Balaban J connectivity index is 1.19. The molecule has 1 N–H and O–H groups in total. The number of benzene rings is 2. The van der Waals surface area contributed by atoms with Gasteiger partial charge in [0.25, 0.3) is 15.9 Å². The van der Waals surface area contributed by atoms with E-state index in [4.69, 9.17) is 9.47 Å². The highest BCUT2D eigenvalue weighted by molar-refractivity contribution is 7.91. The Morgan fingerprint density at radius 3 is 2.65 bits per heavy atom. The molecule has 1 fully saturated rings. The fourth-order valence-electron chi connectivity index (χ4n) is 3.86. The van der Waals surface area contributed by atoms with Crippen LogP contribution in [0.3, 0.4) is 0 Å². The van der Waals surface area contributed by atoms with Crippen LogP contribution in [0, 0.1) is 6.92 Å². The van der Waals surface area contributed by atoms with Crippen LogP contribution in [-0.4, -0.2) is 66.7 Å². The third kappa shape index (κ3) is 4.75. The molecule has 3 aromatic rings. The van der Waals surface area contributed by atoms with Crippen LogP contribution in [0.4, 0.5) is 5.13 Å². The second kappa shape index (κ2) is 9.29. The first-order valence-electron chi connectivity index (χ1n) is 10.7. The third-order valence-electron chi connectivity index (χ3n) is 5.64. The number of anilines is 1. The first kappa shape index (κ1) is 22.7. The van der Waals surface area contributed by atoms with Gasteiger partial charge in [-0.25, -0.2) is 8.42 Å². The number of fused-ring (bicyclic) bond motifs is 1. The lowest BCUT2D eigenvalue weighted by Crippen LogP contribution is -2.48. The van der Waals surface area contributed by atoms with Gasteiger partial charge in [0.15, 0.2) is 11.5 Å². The summed E-state index contributed by atoms with van der Waals surface area (Å²) in [6.07, 6.45) is 0. The van der Waals surface area contributed by atoms with Crippen LogP contribution < -0.4 is 14.8 Å². The molecule has 2 aliphatic rings. The minimum atomic E-state index is -3.79. The molecule has 0 bridgehead atoms. The van der Waals surface area contributed by atoms with Crippen LogP contribution in [0.2, 0.25) is 0 Å². The lowest BCUT2D eigenvalue weighted by molar-refractivity contribution is 0.102. The summed E-state index contributed by atoms with van der Waals surface area (Å²) in [6.45, 7) is 4.68. The number of rotatable bonds is 6. The highest BCUT2D eigenvalue weighted by Crippen LogP contribution is 2.33. The third-order valence-corrected chi connectivity index (χ3v) is 8.73. The van der Waals surface area contributed by atoms with Gasteiger partial charge in [-0.05, 0) is 36.8 Å². The minimum Gasteiger partial charge on any atom is -0.454 e. The molecule has 0 saturated carbocycles. The summed E-state index contributed by atoms with van der Waals surface area (Å²) >= 11 is 0.852. The molecule has 1 aromatic heterocycles. The van der Waals surface area contributed by atoms with Gasteiger partial charge in [0.1, 0.15) is 0 Å². The number of ether oxygens (including phenoxy) is 2. The van der Waals surface area contributed by atoms with Crippen LogP contribution in [0.15, 0.2) is 46.8 Å². The number of carbonyl (C=O) groups excluding carboxylic acids is 1. The van der Waals surface area contributed by atoms with Gasteiger partial charge in [-0.2, -0.15) is 4.31 Å². The average molecular weight is 502 g/mol. The number of piperazine rings is 1. The molecule has 3 heterocycles. The van der Waals surface area contributed by atoms with Gasteiger partial charge in [-0.3, -0.25) is 15.0 Å². The molecule has 0 spiro atoms. The Labute approximate surface area is 201 Å². The lowest BCUT2D eigenvalue weighted by atomic mass is 10.1. The molecule has 12 heteroatoms. The van der Waals surface area contributed by atoms with Crippen molar-refractivity contribution < 1.29 is 22.7 Å². The fraction of sp³-hybridized carbons (Fsp3) is 0.318. The zero-order valence-corrected chi connectivity index (χ0v) is 20.1. The van der Waals surface area contributed by atoms with Crippen molar-refractivity contribution in [1.82, 2.24) is 19.4 Å². The maximum atomic E-state index is 13.1. The Morgan fingerprint density at radius 2 is 1.85 bits per heavy atom. The van der Waals surface area contributed by atoms with Crippen LogP contribution in [0.25, 0.3) is 0 Å². The number of aromatic nitrogens is 2. The maximum absolute atomic E-state index is 13.1. The van der Waals surface area contributed by atoms with E-state index in [0.717, 1.165) is 34.0 Å². The standard InChI is InChI=1S/C22H23N5O5S2/c1-15-3-2-4-17(11-15)20(28)23-21-24-25-22(33-21)34(29,30)27-9-7-26(8-10-27)13-16-5-6-18-19(12-16)32-14-31-18/h2-6,11-12H,7-10,13-14H2,1H3,(H,23,24,28). The summed E-state index contributed by atoms with van der Waals surface area (Å²) in [4.78, 5) is 14.6. The molecule has 2 aliphatic heterocycles. The van der Waals surface area contributed by atoms with Gasteiger partial charge in [0.2, 0.25) is 16.3 Å². The summed E-state index contributed by atoms with van der Waals surface area (Å²) < 4.78 is 38.2. The molecule has 10 nitrogen and oxygen atoms in total. The molecule has 0 aliphatic carbocycles. The number of amides is 1. The Morgan fingerprint density at radius 1 is 1.06 bits per heavy atom. The fourth-order valence-corrected chi connectivity index (χ4v) is 6.31. The van der Waals surface area contributed by atoms with Gasteiger partial charge in [0.05, 0.1) is 0 Å². The van der Waals surface area contributed by atoms with Gasteiger partial charge < -0.3 is 9.47 Å². The summed E-state index contributed by atoms with van der Waals surface area (Å²) in [5.41, 5.74) is 2.50. The van der Waals surface area contributed by atoms with Crippen molar-refractivity contribution in [2.45, 2.75) is 17.8 Å². The molecule has 5 rings (SSSR count). The zero-order chi connectivity index (χ0) is 23.7. The van der Waals surface area contributed by atoms with E-state index in [1.54, 1.807) is 18.2 Å². The average Bonchev–Trinajstić information content (AvgIpc) is 3.49. The van der Waals surface area contributed by atoms with Crippen molar-refractivity contribution in [1.29, 1.82) is 0 Å². The van der Waals surface area contributed by atoms with Gasteiger partial charge in [-0.1, -0.05) is 35.1 Å². The van der Waals surface area contributed by atoms with Gasteiger partial charge in [0, 0.05) is 38.3 Å². The molecule has 0 radical (unpaired) electrons. The molecular formula is C22H23N5O5S2. The zero-order valence-electron chi connectivity index (χ0n) is 18.4. The number of hydrogen-bond acceptors (Lipinski definition) is 9. The van der Waals surface area contributed by atoms with E-state index in [-0.39, 0.29) is 22.2 Å². The van der Waals surface area contributed by atoms with Crippen molar-refractivity contribution in [3.05, 3.63) is 59.2 Å². The van der Waals surface area contributed by atoms with Crippen LogP contribution in [0.5, 0.6) is 11.5 Å². The van der Waals surface area contributed by atoms with Gasteiger partial charge >= 0.3 is 0 Å². The second-order valence-electron chi connectivity index (χ2n) is 8.06. The molecule has 0 unspecified atom stereocenters. The van der Waals surface area contributed by atoms with Crippen molar-refractivity contribution in [3.8, 4) is 11.5 Å². The van der Waals surface area contributed by atoms with Crippen molar-refractivity contribution in [2.75, 3.05) is 38.3 Å². The van der Waals surface area contributed by atoms with Crippen LogP contribution in [0.1, 0.15) is 21.5 Å². The Hall–Kier alpha value is -3.06. The van der Waals surface area contributed by atoms with E-state index >= 15 is 0 Å². The Kier molecular flexibility index (Phi) is 6.21. The number of nitrogens with one attached hydrogen (secondary N) is 1. The number of nitrogens with zero attached hydrogens (tertiary/aromatic N) is 4. The molecule has 0 atom stereocenters. The number of hydrogen-bond donors (Lipinski definition) is 1. The quantitative estimate of drug-likeness (QED) is 0.512.